The average molecular weight is 294 g/mol. The third-order valence-corrected chi connectivity index (χ3v) is 5.56. The van der Waals surface area contributed by atoms with Crippen LogP contribution in [-0.4, -0.2) is 12.0 Å². The van der Waals surface area contributed by atoms with Gasteiger partial charge in [0.1, 0.15) is 5.01 Å². The predicted octanol–water partition coefficient (Wildman–Crippen LogP) is 4.56. The third-order valence-electron chi connectivity index (χ3n) is 4.32. The van der Waals surface area contributed by atoms with Crippen LogP contribution in [0.4, 0.5) is 0 Å². The number of hydrogen-bond acceptors (Lipinski definition) is 3. The van der Waals surface area contributed by atoms with Crippen molar-refractivity contribution in [1.29, 1.82) is 0 Å². The van der Waals surface area contributed by atoms with E-state index in [-0.39, 0.29) is 0 Å². The highest BCUT2D eigenvalue weighted by Gasteiger charge is 2.24. The predicted molar refractivity (Wildman–Crippen MR) is 89.8 cm³/mol. The average Bonchev–Trinajstić information content (AvgIpc) is 2.98. The van der Waals surface area contributed by atoms with Crippen LogP contribution in [0.2, 0.25) is 0 Å². The van der Waals surface area contributed by atoms with Crippen LogP contribution in [0.25, 0.3) is 21.3 Å². The van der Waals surface area contributed by atoms with E-state index in [0.717, 1.165) is 6.42 Å². The first-order valence-corrected chi connectivity index (χ1v) is 8.33. The summed E-state index contributed by atoms with van der Waals surface area (Å²) in [4.78, 5) is 6.38. The Kier molecular flexibility index (Phi) is 3.24. The van der Waals surface area contributed by atoms with Gasteiger partial charge in [0.05, 0.1) is 5.69 Å². The zero-order valence-corrected chi connectivity index (χ0v) is 12.9. The Morgan fingerprint density at radius 2 is 2.00 bits per heavy atom. The number of aromatic nitrogens is 1. The zero-order valence-electron chi connectivity index (χ0n) is 12.1. The van der Waals surface area contributed by atoms with Crippen molar-refractivity contribution in [2.24, 2.45) is 0 Å². The number of nitrogens with zero attached hydrogens (tertiary/aromatic N) is 1. The molecule has 0 spiro atoms. The lowest BCUT2D eigenvalue weighted by molar-refractivity contribution is 0.501. The normalized spacial score (nSPS) is 17.9. The fourth-order valence-corrected chi connectivity index (χ4v) is 4.52. The lowest BCUT2D eigenvalue weighted by Crippen LogP contribution is -2.19. The Morgan fingerprint density at radius 3 is 2.90 bits per heavy atom. The van der Waals surface area contributed by atoms with Crippen molar-refractivity contribution < 1.29 is 0 Å². The molecule has 21 heavy (non-hydrogen) atoms. The van der Waals surface area contributed by atoms with Gasteiger partial charge in [-0.2, -0.15) is 0 Å². The molecule has 3 aromatic rings. The molecule has 0 saturated heterocycles. The molecule has 1 aromatic heterocycles. The number of nitrogens with one attached hydrogen (secondary N) is 1. The van der Waals surface area contributed by atoms with Crippen molar-refractivity contribution in [2.45, 2.75) is 25.3 Å². The minimum Gasteiger partial charge on any atom is -0.312 e. The van der Waals surface area contributed by atoms with Gasteiger partial charge in [-0.1, -0.05) is 42.5 Å². The number of aryl methyl sites for hydroxylation is 1. The maximum absolute atomic E-state index is 4.95. The van der Waals surface area contributed by atoms with Crippen molar-refractivity contribution in [3.05, 3.63) is 53.0 Å². The smallest absolute Gasteiger partial charge is 0.124 e. The fraction of sp³-hybridized carbons (Fsp3) is 0.278. The van der Waals surface area contributed by atoms with Crippen molar-refractivity contribution in [3.63, 3.8) is 0 Å². The van der Waals surface area contributed by atoms with Gasteiger partial charge >= 0.3 is 0 Å². The van der Waals surface area contributed by atoms with E-state index in [2.05, 4.69) is 54.8 Å². The highest BCUT2D eigenvalue weighted by Crippen LogP contribution is 2.39. The Hall–Kier alpha value is -1.71. The van der Waals surface area contributed by atoms with Crippen molar-refractivity contribution >= 4 is 22.1 Å². The van der Waals surface area contributed by atoms with Crippen molar-refractivity contribution in [3.8, 4) is 10.6 Å². The second-order valence-electron chi connectivity index (χ2n) is 5.59. The molecule has 1 N–H and O–H groups in total. The molecule has 0 bridgehead atoms. The van der Waals surface area contributed by atoms with Gasteiger partial charge in [-0.25, -0.2) is 4.98 Å². The topological polar surface area (TPSA) is 24.9 Å². The molecule has 3 heteroatoms. The number of fused-ring (bicyclic) bond motifs is 2. The maximum atomic E-state index is 4.95. The molecular weight excluding hydrogens is 276 g/mol. The van der Waals surface area contributed by atoms with E-state index in [9.17, 15) is 0 Å². The number of thiazole rings is 1. The minimum atomic E-state index is 0.481. The summed E-state index contributed by atoms with van der Waals surface area (Å²) in [5.74, 6) is 0. The Bertz CT molecular complexity index is 786. The first kappa shape index (κ1) is 13.0. The molecule has 1 unspecified atom stereocenters. The fourth-order valence-electron chi connectivity index (χ4n) is 3.22. The summed E-state index contributed by atoms with van der Waals surface area (Å²) in [5, 5.41) is 7.18. The van der Waals surface area contributed by atoms with Gasteiger partial charge in [0.25, 0.3) is 0 Å². The summed E-state index contributed by atoms with van der Waals surface area (Å²) in [5.41, 5.74) is 2.57. The summed E-state index contributed by atoms with van der Waals surface area (Å²) in [6.45, 7) is 0. The summed E-state index contributed by atoms with van der Waals surface area (Å²) in [6, 6.07) is 15.5. The van der Waals surface area contributed by atoms with Crippen LogP contribution in [-0.2, 0) is 6.42 Å². The molecular formula is C18H18N2S. The minimum absolute atomic E-state index is 0.481. The van der Waals surface area contributed by atoms with Gasteiger partial charge in [-0.05, 0) is 37.1 Å². The van der Waals surface area contributed by atoms with Gasteiger partial charge in [0.2, 0.25) is 0 Å². The number of rotatable bonds is 2. The van der Waals surface area contributed by atoms with E-state index < -0.39 is 0 Å². The van der Waals surface area contributed by atoms with E-state index in [1.165, 1.54) is 44.8 Å². The van der Waals surface area contributed by atoms with Gasteiger partial charge < -0.3 is 5.32 Å². The molecule has 0 radical (unpaired) electrons. The maximum Gasteiger partial charge on any atom is 0.124 e. The molecule has 106 valence electrons. The molecule has 2 nitrogen and oxygen atoms in total. The van der Waals surface area contributed by atoms with E-state index in [1.807, 2.05) is 11.3 Å². The molecule has 2 aromatic carbocycles. The largest absolute Gasteiger partial charge is 0.312 e. The van der Waals surface area contributed by atoms with Crippen LogP contribution in [0.5, 0.6) is 0 Å². The first-order valence-electron chi connectivity index (χ1n) is 7.52. The second kappa shape index (κ2) is 5.24. The molecule has 1 heterocycles. The van der Waals surface area contributed by atoms with Crippen molar-refractivity contribution in [1.82, 2.24) is 10.3 Å². The molecule has 1 atom stereocenters. The van der Waals surface area contributed by atoms with Crippen LogP contribution in [0.1, 0.15) is 29.5 Å². The molecule has 0 fully saturated rings. The van der Waals surface area contributed by atoms with E-state index >= 15 is 0 Å². The molecule has 4 rings (SSSR count). The molecule has 0 saturated carbocycles. The summed E-state index contributed by atoms with van der Waals surface area (Å²) in [6.07, 6.45) is 3.58. The summed E-state index contributed by atoms with van der Waals surface area (Å²) >= 11 is 1.86. The van der Waals surface area contributed by atoms with Gasteiger partial charge in [-0.3, -0.25) is 0 Å². The van der Waals surface area contributed by atoms with E-state index in [4.69, 9.17) is 4.98 Å². The second-order valence-corrected chi connectivity index (χ2v) is 6.62. The van der Waals surface area contributed by atoms with Gasteiger partial charge in [0.15, 0.2) is 0 Å². The van der Waals surface area contributed by atoms with Crippen molar-refractivity contribution in [2.75, 3.05) is 7.05 Å². The third kappa shape index (κ3) is 2.17. The quantitative estimate of drug-likeness (QED) is 0.749. The molecule has 1 aliphatic rings. The van der Waals surface area contributed by atoms with Crippen LogP contribution < -0.4 is 5.32 Å². The molecule has 1 aliphatic carbocycles. The Balaban J connectivity index is 1.88. The summed E-state index contributed by atoms with van der Waals surface area (Å²) < 4.78 is 0. The monoisotopic (exact) mass is 294 g/mol. The van der Waals surface area contributed by atoms with Crippen LogP contribution >= 0.6 is 11.3 Å². The van der Waals surface area contributed by atoms with E-state index in [1.54, 1.807) is 0 Å². The Morgan fingerprint density at radius 1 is 1.14 bits per heavy atom. The number of hydrogen-bond donors (Lipinski definition) is 1. The van der Waals surface area contributed by atoms with E-state index in [0.29, 0.717) is 6.04 Å². The lowest BCUT2D eigenvalue weighted by Gasteiger charge is -2.19. The summed E-state index contributed by atoms with van der Waals surface area (Å²) in [7, 11) is 2.05. The highest BCUT2D eigenvalue weighted by molar-refractivity contribution is 7.15. The zero-order chi connectivity index (χ0) is 14.2. The van der Waals surface area contributed by atoms with Crippen LogP contribution in [0, 0.1) is 0 Å². The highest BCUT2D eigenvalue weighted by atomic mass is 32.1. The van der Waals surface area contributed by atoms with Crippen LogP contribution in [0.15, 0.2) is 42.5 Å². The SMILES string of the molecule is CNC1CCCc2nc(-c3cccc4ccccc34)sc21. The first-order chi connectivity index (χ1) is 10.4. The number of benzene rings is 2. The standard InChI is InChI=1S/C18H18N2S/c1-19-15-10-5-11-16-17(15)21-18(20-16)14-9-4-7-12-6-2-3-8-13(12)14/h2-4,6-9,15,19H,5,10-11H2,1H3. The van der Waals surface area contributed by atoms with Crippen LogP contribution in [0.3, 0.4) is 0 Å². The lowest BCUT2D eigenvalue weighted by atomic mass is 9.98. The van der Waals surface area contributed by atoms with Gasteiger partial charge in [-0.15, -0.1) is 11.3 Å². The van der Waals surface area contributed by atoms with Gasteiger partial charge in [0, 0.05) is 16.5 Å². The molecule has 0 aliphatic heterocycles. The molecule has 0 amide bonds. The Labute approximate surface area is 128 Å².